The van der Waals surface area contributed by atoms with Crippen LogP contribution in [0.2, 0.25) is 0 Å². The SMILES string of the molecule is COc1cc(Br)ccc1C(=O)C(Br)Br. The van der Waals surface area contributed by atoms with Crippen molar-refractivity contribution >= 4 is 53.6 Å². The first-order valence-electron chi connectivity index (χ1n) is 3.72. The highest BCUT2D eigenvalue weighted by molar-refractivity contribution is 9.25. The molecule has 1 aromatic carbocycles. The highest BCUT2D eigenvalue weighted by Gasteiger charge is 2.17. The van der Waals surface area contributed by atoms with Crippen molar-refractivity contribution in [3.8, 4) is 5.75 Å². The van der Waals surface area contributed by atoms with Crippen LogP contribution in [0.3, 0.4) is 0 Å². The van der Waals surface area contributed by atoms with Crippen molar-refractivity contribution < 1.29 is 9.53 Å². The number of benzene rings is 1. The molecule has 0 aliphatic carbocycles. The number of ether oxygens (including phenoxy) is 1. The zero-order valence-electron chi connectivity index (χ0n) is 7.26. The molecule has 0 saturated heterocycles. The average Bonchev–Trinajstić information content (AvgIpc) is 2.16. The van der Waals surface area contributed by atoms with Crippen LogP contribution in [0.1, 0.15) is 10.4 Å². The first-order chi connectivity index (χ1) is 6.56. The van der Waals surface area contributed by atoms with E-state index >= 15 is 0 Å². The maximum atomic E-state index is 11.6. The van der Waals surface area contributed by atoms with E-state index in [9.17, 15) is 4.79 Å². The lowest BCUT2D eigenvalue weighted by atomic mass is 10.1. The van der Waals surface area contributed by atoms with Crippen molar-refractivity contribution in [1.82, 2.24) is 0 Å². The maximum Gasteiger partial charge on any atom is 0.190 e. The van der Waals surface area contributed by atoms with Crippen molar-refractivity contribution in [2.45, 2.75) is 3.74 Å². The fourth-order valence-corrected chi connectivity index (χ4v) is 1.82. The smallest absolute Gasteiger partial charge is 0.190 e. The van der Waals surface area contributed by atoms with Crippen LogP contribution in [0.5, 0.6) is 5.75 Å². The Labute approximate surface area is 107 Å². The standard InChI is InChI=1S/C9H7Br3O2/c1-14-7-4-5(10)2-3-6(7)8(13)9(11)12/h2-4,9H,1H3. The van der Waals surface area contributed by atoms with Crippen molar-refractivity contribution in [2.24, 2.45) is 0 Å². The Morgan fingerprint density at radius 3 is 2.57 bits per heavy atom. The molecule has 0 saturated carbocycles. The van der Waals surface area contributed by atoms with Gasteiger partial charge in [-0.1, -0.05) is 47.8 Å². The molecule has 0 unspecified atom stereocenters. The number of alkyl halides is 2. The monoisotopic (exact) mass is 384 g/mol. The molecule has 1 aromatic rings. The third kappa shape index (κ3) is 2.81. The van der Waals surface area contributed by atoms with Crippen molar-refractivity contribution in [3.05, 3.63) is 28.2 Å². The number of ketones is 1. The minimum atomic E-state index is -0.384. The number of hydrogen-bond acceptors (Lipinski definition) is 2. The quantitative estimate of drug-likeness (QED) is 0.584. The normalized spacial score (nSPS) is 10.4. The van der Waals surface area contributed by atoms with Crippen LogP contribution in [0.25, 0.3) is 0 Å². The van der Waals surface area contributed by atoms with Crippen molar-refractivity contribution in [1.29, 1.82) is 0 Å². The number of rotatable bonds is 3. The Hall–Kier alpha value is 0.130. The topological polar surface area (TPSA) is 26.3 Å². The van der Waals surface area contributed by atoms with Gasteiger partial charge in [0, 0.05) is 4.47 Å². The van der Waals surface area contributed by atoms with Gasteiger partial charge in [0.2, 0.25) is 0 Å². The second-order valence-electron chi connectivity index (χ2n) is 2.51. The number of carbonyl (C=O) groups excluding carboxylic acids is 1. The molecule has 0 bridgehead atoms. The van der Waals surface area contributed by atoms with E-state index in [1.54, 1.807) is 18.2 Å². The molecule has 0 heterocycles. The molecule has 2 nitrogen and oxygen atoms in total. The summed E-state index contributed by atoms with van der Waals surface area (Å²) in [6.07, 6.45) is 0. The molecular formula is C9H7Br3O2. The molecule has 14 heavy (non-hydrogen) atoms. The number of Topliss-reactive ketones (excluding diaryl/α,β-unsaturated/α-hetero) is 1. The third-order valence-electron chi connectivity index (χ3n) is 1.63. The van der Waals surface area contributed by atoms with Crippen LogP contribution in [-0.2, 0) is 0 Å². The summed E-state index contributed by atoms with van der Waals surface area (Å²) in [6, 6.07) is 5.29. The molecule has 5 heteroatoms. The number of carbonyl (C=O) groups is 1. The average molecular weight is 387 g/mol. The van der Waals surface area contributed by atoms with Crippen LogP contribution >= 0.6 is 47.8 Å². The van der Waals surface area contributed by atoms with Gasteiger partial charge < -0.3 is 4.74 Å². The summed E-state index contributed by atoms with van der Waals surface area (Å²) in [5.41, 5.74) is 0.550. The predicted octanol–water partition coefficient (Wildman–Crippen LogP) is 3.76. The molecule has 0 spiro atoms. The Morgan fingerprint density at radius 1 is 1.43 bits per heavy atom. The van der Waals surface area contributed by atoms with Gasteiger partial charge in [0.05, 0.1) is 12.7 Å². The second kappa shape index (κ2) is 5.28. The van der Waals surface area contributed by atoms with E-state index in [0.29, 0.717) is 11.3 Å². The van der Waals surface area contributed by atoms with E-state index in [0.717, 1.165) is 4.47 Å². The van der Waals surface area contributed by atoms with Gasteiger partial charge in [0.25, 0.3) is 0 Å². The fraction of sp³-hybridized carbons (Fsp3) is 0.222. The van der Waals surface area contributed by atoms with Gasteiger partial charge in [-0.15, -0.1) is 0 Å². The lowest BCUT2D eigenvalue weighted by Crippen LogP contribution is -2.08. The molecule has 0 atom stereocenters. The van der Waals surface area contributed by atoms with Crippen LogP contribution < -0.4 is 4.74 Å². The zero-order valence-corrected chi connectivity index (χ0v) is 12.0. The van der Waals surface area contributed by atoms with Crippen molar-refractivity contribution in [3.63, 3.8) is 0 Å². The molecule has 0 radical (unpaired) electrons. The number of hydrogen-bond donors (Lipinski definition) is 0. The summed E-state index contributed by atoms with van der Waals surface area (Å²) in [7, 11) is 1.54. The minimum absolute atomic E-state index is 0.0608. The van der Waals surface area contributed by atoms with Crippen molar-refractivity contribution in [2.75, 3.05) is 7.11 Å². The summed E-state index contributed by atoms with van der Waals surface area (Å²) >= 11 is 9.62. The van der Waals surface area contributed by atoms with Crippen LogP contribution in [0, 0.1) is 0 Å². The molecule has 76 valence electrons. The van der Waals surface area contributed by atoms with Gasteiger partial charge in [0.15, 0.2) is 5.78 Å². The molecule has 0 amide bonds. The Bertz CT molecular complexity index is 350. The number of methoxy groups -OCH3 is 1. The van der Waals surface area contributed by atoms with E-state index < -0.39 is 0 Å². The largest absolute Gasteiger partial charge is 0.496 e. The summed E-state index contributed by atoms with van der Waals surface area (Å²) in [5, 5.41) is 0. The zero-order chi connectivity index (χ0) is 10.7. The Balaban J connectivity index is 3.14. The lowest BCUT2D eigenvalue weighted by Gasteiger charge is -2.08. The van der Waals surface area contributed by atoms with E-state index in [1.807, 2.05) is 0 Å². The van der Waals surface area contributed by atoms with Crippen LogP contribution in [-0.4, -0.2) is 16.6 Å². The molecule has 1 rings (SSSR count). The van der Waals surface area contributed by atoms with E-state index in [2.05, 4.69) is 47.8 Å². The summed E-state index contributed by atoms with van der Waals surface area (Å²) in [5.74, 6) is 0.502. The van der Waals surface area contributed by atoms with Gasteiger partial charge in [-0.25, -0.2) is 0 Å². The van der Waals surface area contributed by atoms with Gasteiger partial charge in [-0.05, 0) is 18.2 Å². The molecule has 0 aliphatic heterocycles. The summed E-state index contributed by atoms with van der Waals surface area (Å²) in [6.45, 7) is 0. The summed E-state index contributed by atoms with van der Waals surface area (Å²) in [4.78, 5) is 11.6. The van der Waals surface area contributed by atoms with Gasteiger partial charge in [-0.2, -0.15) is 0 Å². The van der Waals surface area contributed by atoms with Gasteiger partial charge in [0.1, 0.15) is 9.49 Å². The molecule has 0 fully saturated rings. The second-order valence-corrected chi connectivity index (χ2v) is 6.49. The van der Waals surface area contributed by atoms with Gasteiger partial charge in [-0.3, -0.25) is 4.79 Å². The highest BCUT2D eigenvalue weighted by atomic mass is 79.9. The predicted molar refractivity (Wildman–Crippen MR) is 66.7 cm³/mol. The van der Waals surface area contributed by atoms with E-state index in [1.165, 1.54) is 7.11 Å². The molecular weight excluding hydrogens is 380 g/mol. The molecule has 0 aromatic heterocycles. The Kier molecular flexibility index (Phi) is 4.60. The lowest BCUT2D eigenvalue weighted by molar-refractivity contribution is 0.101. The number of halogens is 3. The van der Waals surface area contributed by atoms with Gasteiger partial charge >= 0.3 is 0 Å². The molecule has 0 aliphatic rings. The Morgan fingerprint density at radius 2 is 2.07 bits per heavy atom. The first kappa shape index (κ1) is 12.2. The minimum Gasteiger partial charge on any atom is -0.496 e. The molecule has 0 N–H and O–H groups in total. The third-order valence-corrected chi connectivity index (χ3v) is 2.95. The summed E-state index contributed by atoms with van der Waals surface area (Å²) < 4.78 is 5.60. The highest BCUT2D eigenvalue weighted by Crippen LogP contribution is 2.27. The van der Waals surface area contributed by atoms with E-state index in [4.69, 9.17) is 4.74 Å². The fourth-order valence-electron chi connectivity index (χ4n) is 0.986. The maximum absolute atomic E-state index is 11.6. The van der Waals surface area contributed by atoms with E-state index in [-0.39, 0.29) is 9.52 Å². The van der Waals surface area contributed by atoms with Crippen LogP contribution in [0.4, 0.5) is 0 Å². The first-order valence-corrected chi connectivity index (χ1v) is 6.34. The van der Waals surface area contributed by atoms with Crippen LogP contribution in [0.15, 0.2) is 22.7 Å².